The maximum atomic E-state index is 12.7. The van der Waals surface area contributed by atoms with E-state index in [1.54, 1.807) is 0 Å². The molecule has 1 saturated heterocycles. The molecule has 2 aliphatic rings. The van der Waals surface area contributed by atoms with Crippen LogP contribution in [-0.2, 0) is 9.59 Å². The van der Waals surface area contributed by atoms with Gasteiger partial charge in [-0.25, -0.2) is 0 Å². The van der Waals surface area contributed by atoms with E-state index in [1.807, 2.05) is 24.8 Å². The Bertz CT molecular complexity index is 694. The number of amides is 2. The highest BCUT2D eigenvalue weighted by atomic mass is 16.2. The van der Waals surface area contributed by atoms with Gasteiger partial charge in [-0.2, -0.15) is 0 Å². The summed E-state index contributed by atoms with van der Waals surface area (Å²) in [6, 6.07) is 10.6. The molecule has 0 bridgehead atoms. The first-order chi connectivity index (χ1) is 13.5. The molecule has 1 fully saturated rings. The number of hydrogen-bond acceptors (Lipinski definition) is 4. The highest BCUT2D eigenvalue weighted by Crippen LogP contribution is 2.21. The number of rotatable bonds is 6. The van der Waals surface area contributed by atoms with Gasteiger partial charge in [0.25, 0.3) is 0 Å². The van der Waals surface area contributed by atoms with Crippen LogP contribution in [-0.4, -0.2) is 84.9 Å². The van der Waals surface area contributed by atoms with Gasteiger partial charge in [-0.05, 0) is 31.4 Å². The molecule has 2 amide bonds. The van der Waals surface area contributed by atoms with Crippen molar-refractivity contribution in [3.05, 3.63) is 42.0 Å². The van der Waals surface area contributed by atoms with Crippen molar-refractivity contribution in [2.24, 2.45) is 0 Å². The second-order valence-electron chi connectivity index (χ2n) is 7.96. The molecule has 1 aromatic rings. The Morgan fingerprint density at radius 2 is 1.68 bits per heavy atom. The molecule has 152 valence electrons. The second-order valence-corrected chi connectivity index (χ2v) is 7.96. The van der Waals surface area contributed by atoms with E-state index in [9.17, 15) is 9.59 Å². The Kier molecular flexibility index (Phi) is 7.23. The van der Waals surface area contributed by atoms with E-state index in [4.69, 9.17) is 0 Å². The van der Waals surface area contributed by atoms with Gasteiger partial charge in [0.05, 0.1) is 13.1 Å². The molecular formula is C22H32N4O2. The number of carbonyl (C=O) groups excluding carboxylic acids is 2. The molecule has 0 aliphatic carbocycles. The average Bonchev–Trinajstić information content (AvgIpc) is 2.69. The van der Waals surface area contributed by atoms with Gasteiger partial charge in [0.1, 0.15) is 0 Å². The highest BCUT2D eigenvalue weighted by Gasteiger charge is 2.24. The molecule has 6 heteroatoms. The van der Waals surface area contributed by atoms with Crippen LogP contribution in [0, 0.1) is 0 Å². The summed E-state index contributed by atoms with van der Waals surface area (Å²) in [5.74, 6) is 0.256. The van der Waals surface area contributed by atoms with Gasteiger partial charge in [-0.3, -0.25) is 19.4 Å². The fourth-order valence-electron chi connectivity index (χ4n) is 3.79. The fraction of sp³-hybridized carbons (Fsp3) is 0.545. The van der Waals surface area contributed by atoms with E-state index in [0.29, 0.717) is 26.2 Å². The molecule has 28 heavy (non-hydrogen) atoms. The monoisotopic (exact) mass is 384 g/mol. The van der Waals surface area contributed by atoms with Crippen LogP contribution in [0.5, 0.6) is 0 Å². The SMILES string of the molecule is CC(C)NC(=O)CN1CCN(C(=O)CN2CC=C(c3ccccc3)CC2)CC1. The number of carbonyl (C=O) groups is 2. The maximum absolute atomic E-state index is 12.7. The summed E-state index contributed by atoms with van der Waals surface area (Å²) in [6.45, 7) is 9.49. The van der Waals surface area contributed by atoms with E-state index >= 15 is 0 Å². The molecule has 0 saturated carbocycles. The predicted octanol–water partition coefficient (Wildman–Crippen LogP) is 1.44. The van der Waals surface area contributed by atoms with Crippen molar-refractivity contribution in [1.82, 2.24) is 20.0 Å². The normalized spacial score (nSPS) is 18.8. The van der Waals surface area contributed by atoms with Gasteiger partial charge >= 0.3 is 0 Å². The number of nitrogens with one attached hydrogen (secondary N) is 1. The minimum Gasteiger partial charge on any atom is -0.353 e. The van der Waals surface area contributed by atoms with Crippen molar-refractivity contribution in [1.29, 1.82) is 0 Å². The van der Waals surface area contributed by atoms with Crippen molar-refractivity contribution in [3.8, 4) is 0 Å². The van der Waals surface area contributed by atoms with E-state index in [1.165, 1.54) is 11.1 Å². The van der Waals surface area contributed by atoms with E-state index in [2.05, 4.69) is 45.5 Å². The zero-order valence-corrected chi connectivity index (χ0v) is 17.1. The third-order valence-electron chi connectivity index (χ3n) is 5.34. The summed E-state index contributed by atoms with van der Waals surface area (Å²) >= 11 is 0. The molecule has 0 radical (unpaired) electrons. The lowest BCUT2D eigenvalue weighted by molar-refractivity contribution is -0.134. The van der Waals surface area contributed by atoms with E-state index in [0.717, 1.165) is 32.6 Å². The van der Waals surface area contributed by atoms with Crippen LogP contribution in [0.4, 0.5) is 0 Å². The van der Waals surface area contributed by atoms with Gasteiger partial charge < -0.3 is 10.2 Å². The number of benzene rings is 1. The van der Waals surface area contributed by atoms with Crippen LogP contribution in [0.3, 0.4) is 0 Å². The number of piperazine rings is 1. The second kappa shape index (κ2) is 9.85. The van der Waals surface area contributed by atoms with Crippen molar-refractivity contribution < 1.29 is 9.59 Å². The van der Waals surface area contributed by atoms with E-state index in [-0.39, 0.29) is 17.9 Å². The summed E-state index contributed by atoms with van der Waals surface area (Å²) in [7, 11) is 0. The molecule has 2 heterocycles. The van der Waals surface area contributed by atoms with Gasteiger partial charge in [0.15, 0.2) is 0 Å². The number of hydrogen-bond donors (Lipinski definition) is 1. The van der Waals surface area contributed by atoms with Gasteiger partial charge in [-0.1, -0.05) is 36.4 Å². The lowest BCUT2D eigenvalue weighted by Gasteiger charge is -2.36. The molecule has 0 spiro atoms. The Hall–Kier alpha value is -2.18. The molecule has 0 aromatic heterocycles. The quantitative estimate of drug-likeness (QED) is 0.807. The maximum Gasteiger partial charge on any atom is 0.236 e. The largest absolute Gasteiger partial charge is 0.353 e. The molecular weight excluding hydrogens is 352 g/mol. The lowest BCUT2D eigenvalue weighted by Crippen LogP contribution is -2.53. The first kappa shape index (κ1) is 20.6. The van der Waals surface area contributed by atoms with Gasteiger partial charge in [-0.15, -0.1) is 0 Å². The Morgan fingerprint density at radius 1 is 0.964 bits per heavy atom. The third kappa shape index (κ3) is 5.91. The molecule has 2 aliphatic heterocycles. The minimum absolute atomic E-state index is 0.0594. The van der Waals surface area contributed by atoms with Crippen LogP contribution < -0.4 is 5.32 Å². The molecule has 0 atom stereocenters. The molecule has 6 nitrogen and oxygen atoms in total. The lowest BCUT2D eigenvalue weighted by atomic mass is 9.99. The number of nitrogens with zero attached hydrogens (tertiary/aromatic N) is 3. The summed E-state index contributed by atoms with van der Waals surface area (Å²) in [5, 5.41) is 2.92. The zero-order valence-electron chi connectivity index (χ0n) is 17.1. The Morgan fingerprint density at radius 3 is 2.29 bits per heavy atom. The summed E-state index contributed by atoms with van der Waals surface area (Å²) in [6.07, 6.45) is 3.23. The molecule has 1 N–H and O–H groups in total. The molecule has 1 aromatic carbocycles. The minimum atomic E-state index is 0.0594. The topological polar surface area (TPSA) is 55.9 Å². The van der Waals surface area contributed by atoms with E-state index < -0.39 is 0 Å². The standard InChI is InChI=1S/C22H32N4O2/c1-18(2)23-21(27)16-25-12-14-26(15-13-25)22(28)17-24-10-8-20(9-11-24)19-6-4-3-5-7-19/h3-8,18H,9-17H2,1-2H3,(H,23,27). The first-order valence-electron chi connectivity index (χ1n) is 10.3. The molecule has 0 unspecified atom stereocenters. The highest BCUT2D eigenvalue weighted by molar-refractivity contribution is 5.79. The van der Waals surface area contributed by atoms with Crippen LogP contribution in [0.2, 0.25) is 0 Å². The van der Waals surface area contributed by atoms with Crippen molar-refractivity contribution >= 4 is 17.4 Å². The van der Waals surface area contributed by atoms with Crippen LogP contribution in [0.1, 0.15) is 25.8 Å². The van der Waals surface area contributed by atoms with Crippen molar-refractivity contribution in [2.45, 2.75) is 26.3 Å². The summed E-state index contributed by atoms with van der Waals surface area (Å²) in [4.78, 5) is 30.8. The Balaban J connectivity index is 1.40. The average molecular weight is 385 g/mol. The van der Waals surface area contributed by atoms with Crippen molar-refractivity contribution in [3.63, 3.8) is 0 Å². The van der Waals surface area contributed by atoms with Gasteiger partial charge in [0, 0.05) is 45.3 Å². The zero-order chi connectivity index (χ0) is 19.9. The summed E-state index contributed by atoms with van der Waals surface area (Å²) < 4.78 is 0. The summed E-state index contributed by atoms with van der Waals surface area (Å²) in [5.41, 5.74) is 2.66. The third-order valence-corrected chi connectivity index (χ3v) is 5.34. The van der Waals surface area contributed by atoms with Crippen LogP contribution >= 0.6 is 0 Å². The van der Waals surface area contributed by atoms with Crippen molar-refractivity contribution in [2.75, 3.05) is 52.4 Å². The molecule has 3 rings (SSSR count). The van der Waals surface area contributed by atoms with Crippen LogP contribution in [0.15, 0.2) is 36.4 Å². The fourth-order valence-corrected chi connectivity index (χ4v) is 3.79. The predicted molar refractivity (Wildman–Crippen MR) is 112 cm³/mol. The Labute approximate surface area is 168 Å². The van der Waals surface area contributed by atoms with Gasteiger partial charge in [0.2, 0.25) is 11.8 Å². The smallest absolute Gasteiger partial charge is 0.236 e. The first-order valence-corrected chi connectivity index (χ1v) is 10.3. The van der Waals surface area contributed by atoms with Crippen LogP contribution in [0.25, 0.3) is 5.57 Å².